The molecule has 1 fully saturated rings. The van der Waals surface area contributed by atoms with Crippen LogP contribution < -0.4 is 0 Å². The summed E-state index contributed by atoms with van der Waals surface area (Å²) in [6.07, 6.45) is 1.62. The second-order valence-electron chi connectivity index (χ2n) is 3.81. The van der Waals surface area contributed by atoms with Crippen molar-refractivity contribution >= 4 is 22.6 Å². The van der Waals surface area contributed by atoms with Gasteiger partial charge in [-0.3, -0.25) is 0 Å². The Morgan fingerprint density at radius 3 is 2.33 bits per heavy atom. The summed E-state index contributed by atoms with van der Waals surface area (Å²) >= 11 is 2.28. The number of halogens is 1. The highest BCUT2D eigenvalue weighted by Gasteiger charge is 2.34. The Kier molecular flexibility index (Phi) is 3.27. The van der Waals surface area contributed by atoms with E-state index in [0.717, 1.165) is 18.4 Å². The van der Waals surface area contributed by atoms with Gasteiger partial charge >= 0.3 is 0 Å². The molecule has 1 aliphatic rings. The van der Waals surface area contributed by atoms with Crippen LogP contribution in [0.1, 0.15) is 18.4 Å². The highest BCUT2D eigenvalue weighted by Crippen LogP contribution is 2.34. The van der Waals surface area contributed by atoms with Crippen molar-refractivity contribution in [1.29, 1.82) is 5.26 Å². The molecule has 0 atom stereocenters. The third kappa shape index (κ3) is 2.16. The summed E-state index contributed by atoms with van der Waals surface area (Å²) in [5.41, 5.74) is 0.816. The fourth-order valence-electron chi connectivity index (χ4n) is 1.95. The molecule has 0 bridgehead atoms. The maximum atomic E-state index is 9.36. The molecule has 0 spiro atoms. The van der Waals surface area contributed by atoms with E-state index in [1.54, 1.807) is 0 Å². The summed E-state index contributed by atoms with van der Waals surface area (Å²) in [5, 5.41) is 9.36. The Labute approximate surface area is 103 Å². The molecular formula is C12H12INO. The predicted molar refractivity (Wildman–Crippen MR) is 66.5 cm³/mol. The zero-order valence-corrected chi connectivity index (χ0v) is 10.5. The minimum atomic E-state index is -0.317. The fourth-order valence-corrected chi connectivity index (χ4v) is 2.31. The molecule has 1 heterocycles. The molecule has 2 nitrogen and oxygen atoms in total. The van der Waals surface area contributed by atoms with E-state index < -0.39 is 0 Å². The minimum absolute atomic E-state index is 0.317. The number of ether oxygens (including phenoxy) is 1. The average Bonchev–Trinajstić information content (AvgIpc) is 2.31. The van der Waals surface area contributed by atoms with Gasteiger partial charge in [0.05, 0.1) is 11.5 Å². The Morgan fingerprint density at radius 2 is 1.80 bits per heavy atom. The van der Waals surface area contributed by atoms with E-state index in [4.69, 9.17) is 4.74 Å². The maximum Gasteiger partial charge on any atom is 0.0866 e. The standard InChI is InChI=1S/C12H12INO/c13-11-3-1-10(2-4-11)12(9-14)5-7-15-8-6-12/h1-4H,5-8H2. The van der Waals surface area contributed by atoms with Crippen molar-refractivity contribution in [3.05, 3.63) is 33.4 Å². The Hall–Kier alpha value is -0.600. The zero-order chi connectivity index (χ0) is 10.7. The smallest absolute Gasteiger partial charge is 0.0866 e. The van der Waals surface area contributed by atoms with Crippen molar-refractivity contribution < 1.29 is 4.74 Å². The zero-order valence-electron chi connectivity index (χ0n) is 8.37. The van der Waals surface area contributed by atoms with Gasteiger partial charge in [0.15, 0.2) is 0 Å². The summed E-state index contributed by atoms with van der Waals surface area (Å²) in [4.78, 5) is 0. The number of nitriles is 1. The first-order valence-electron chi connectivity index (χ1n) is 5.02. The lowest BCUT2D eigenvalue weighted by Crippen LogP contribution is -2.32. The second kappa shape index (κ2) is 4.50. The second-order valence-corrected chi connectivity index (χ2v) is 5.06. The van der Waals surface area contributed by atoms with Crippen LogP contribution >= 0.6 is 22.6 Å². The topological polar surface area (TPSA) is 33.0 Å². The number of hydrogen-bond acceptors (Lipinski definition) is 2. The quantitative estimate of drug-likeness (QED) is 0.747. The van der Waals surface area contributed by atoms with Crippen LogP contribution in [0.2, 0.25) is 0 Å². The van der Waals surface area contributed by atoms with Crippen molar-refractivity contribution in [2.75, 3.05) is 13.2 Å². The van der Waals surface area contributed by atoms with E-state index in [0.29, 0.717) is 13.2 Å². The van der Waals surface area contributed by atoms with Crippen molar-refractivity contribution in [2.45, 2.75) is 18.3 Å². The molecule has 1 aliphatic heterocycles. The maximum absolute atomic E-state index is 9.36. The molecule has 1 saturated heterocycles. The van der Waals surface area contributed by atoms with Gasteiger partial charge in [-0.1, -0.05) is 12.1 Å². The molecule has 0 aliphatic carbocycles. The van der Waals surface area contributed by atoms with Gasteiger partial charge in [-0.05, 0) is 53.1 Å². The number of hydrogen-bond donors (Lipinski definition) is 0. The summed E-state index contributed by atoms with van der Waals surface area (Å²) in [6, 6.07) is 10.7. The highest BCUT2D eigenvalue weighted by atomic mass is 127. The van der Waals surface area contributed by atoms with E-state index in [1.807, 2.05) is 0 Å². The monoisotopic (exact) mass is 313 g/mol. The first kappa shape index (κ1) is 10.9. The molecule has 2 rings (SSSR count). The predicted octanol–water partition coefficient (Wildman–Crippen LogP) is 2.86. The molecule has 15 heavy (non-hydrogen) atoms. The SMILES string of the molecule is N#CC1(c2ccc(I)cc2)CCOCC1. The van der Waals surface area contributed by atoms with E-state index in [2.05, 4.69) is 52.9 Å². The van der Waals surface area contributed by atoms with E-state index >= 15 is 0 Å². The Bertz CT molecular complexity index is 374. The van der Waals surface area contributed by atoms with Crippen LogP contribution in [0, 0.1) is 14.9 Å². The van der Waals surface area contributed by atoms with Crippen LogP contribution in [0.4, 0.5) is 0 Å². The lowest BCUT2D eigenvalue weighted by Gasteiger charge is -2.31. The summed E-state index contributed by atoms with van der Waals surface area (Å²) in [7, 11) is 0. The van der Waals surface area contributed by atoms with Crippen LogP contribution in [0.3, 0.4) is 0 Å². The molecule has 3 heteroatoms. The van der Waals surface area contributed by atoms with E-state index in [-0.39, 0.29) is 5.41 Å². The molecule has 0 radical (unpaired) electrons. The van der Waals surface area contributed by atoms with Gasteiger partial charge in [-0.2, -0.15) is 5.26 Å². The molecule has 0 aromatic heterocycles. The molecule has 0 unspecified atom stereocenters. The summed E-state index contributed by atoms with van der Waals surface area (Å²) < 4.78 is 6.52. The van der Waals surface area contributed by atoms with E-state index in [9.17, 15) is 5.26 Å². The third-order valence-electron chi connectivity index (χ3n) is 2.96. The molecule has 78 valence electrons. The number of rotatable bonds is 1. The molecular weight excluding hydrogens is 301 g/mol. The van der Waals surface area contributed by atoms with Gasteiger partial charge in [0.1, 0.15) is 0 Å². The molecule has 1 aromatic rings. The summed E-state index contributed by atoms with van der Waals surface area (Å²) in [6.45, 7) is 1.39. The van der Waals surface area contributed by atoms with Gasteiger partial charge in [0.25, 0.3) is 0 Å². The van der Waals surface area contributed by atoms with Crippen LogP contribution in [0.5, 0.6) is 0 Å². The summed E-state index contributed by atoms with van der Waals surface area (Å²) in [5.74, 6) is 0. The normalized spacial score (nSPS) is 19.5. The first-order chi connectivity index (χ1) is 7.27. The Morgan fingerprint density at radius 1 is 1.20 bits per heavy atom. The molecule has 0 saturated carbocycles. The van der Waals surface area contributed by atoms with Crippen molar-refractivity contribution in [3.8, 4) is 6.07 Å². The van der Waals surface area contributed by atoms with Crippen LogP contribution in [0.25, 0.3) is 0 Å². The minimum Gasteiger partial charge on any atom is -0.381 e. The highest BCUT2D eigenvalue weighted by molar-refractivity contribution is 14.1. The van der Waals surface area contributed by atoms with Crippen molar-refractivity contribution in [1.82, 2.24) is 0 Å². The van der Waals surface area contributed by atoms with Crippen LogP contribution in [0.15, 0.2) is 24.3 Å². The third-order valence-corrected chi connectivity index (χ3v) is 3.68. The lowest BCUT2D eigenvalue weighted by atomic mass is 9.76. The number of benzene rings is 1. The average molecular weight is 313 g/mol. The van der Waals surface area contributed by atoms with Gasteiger partial charge < -0.3 is 4.74 Å². The first-order valence-corrected chi connectivity index (χ1v) is 6.10. The van der Waals surface area contributed by atoms with Crippen LogP contribution in [-0.2, 0) is 10.2 Å². The van der Waals surface area contributed by atoms with Gasteiger partial charge in [-0.15, -0.1) is 0 Å². The molecule has 1 aromatic carbocycles. The lowest BCUT2D eigenvalue weighted by molar-refractivity contribution is 0.0675. The fraction of sp³-hybridized carbons (Fsp3) is 0.417. The van der Waals surface area contributed by atoms with Crippen LogP contribution in [-0.4, -0.2) is 13.2 Å². The van der Waals surface area contributed by atoms with Crippen molar-refractivity contribution in [3.63, 3.8) is 0 Å². The number of nitrogens with zero attached hydrogens (tertiary/aromatic N) is 1. The van der Waals surface area contributed by atoms with E-state index in [1.165, 1.54) is 3.57 Å². The largest absolute Gasteiger partial charge is 0.381 e. The van der Waals surface area contributed by atoms with Gasteiger partial charge in [0, 0.05) is 16.8 Å². The Balaban J connectivity index is 2.33. The van der Waals surface area contributed by atoms with Gasteiger partial charge in [-0.25, -0.2) is 0 Å². The van der Waals surface area contributed by atoms with Crippen molar-refractivity contribution in [2.24, 2.45) is 0 Å². The molecule has 0 N–H and O–H groups in total. The molecule has 0 amide bonds. The van der Waals surface area contributed by atoms with Gasteiger partial charge in [0.2, 0.25) is 0 Å².